The molecular formula is C20H23ClN2O4S. The highest BCUT2D eigenvalue weighted by atomic mass is 35.5. The van der Waals surface area contributed by atoms with Crippen LogP contribution in [-0.4, -0.2) is 49.7 Å². The number of likely N-dealkylation sites (tertiary alicyclic amines) is 1. The van der Waals surface area contributed by atoms with E-state index < -0.39 is 9.84 Å². The Morgan fingerprint density at radius 2 is 1.82 bits per heavy atom. The average Bonchev–Trinajstić information content (AvgIpc) is 2.70. The summed E-state index contributed by atoms with van der Waals surface area (Å²) in [4.78, 5) is 14.9. The number of phenolic OH excluding ortho intramolecular Hbond substituents is 1. The normalized spacial score (nSPS) is 16.0. The lowest BCUT2D eigenvalue weighted by Gasteiger charge is -2.31. The molecule has 0 atom stereocenters. The molecule has 3 rings (SSSR count). The van der Waals surface area contributed by atoms with E-state index in [0.29, 0.717) is 48.1 Å². The van der Waals surface area contributed by atoms with Gasteiger partial charge in [0.15, 0.2) is 9.84 Å². The first-order chi connectivity index (χ1) is 13.3. The van der Waals surface area contributed by atoms with Gasteiger partial charge < -0.3 is 15.3 Å². The Balaban J connectivity index is 1.49. The van der Waals surface area contributed by atoms with Crippen molar-refractivity contribution in [2.75, 3.05) is 30.7 Å². The lowest BCUT2D eigenvalue weighted by Crippen LogP contribution is -2.40. The number of piperidine rings is 1. The number of benzene rings is 2. The number of sulfone groups is 1. The summed E-state index contributed by atoms with van der Waals surface area (Å²) >= 11 is 5.90. The van der Waals surface area contributed by atoms with Crippen molar-refractivity contribution >= 4 is 33.0 Å². The fourth-order valence-corrected chi connectivity index (χ4v) is 4.74. The zero-order valence-electron chi connectivity index (χ0n) is 15.3. The summed E-state index contributed by atoms with van der Waals surface area (Å²) in [5, 5.41) is 13.0. The number of nitrogens with one attached hydrogen (secondary N) is 1. The molecule has 1 aliphatic rings. The van der Waals surface area contributed by atoms with E-state index in [1.54, 1.807) is 36.4 Å². The molecule has 0 aromatic heterocycles. The molecule has 1 aliphatic heterocycles. The van der Waals surface area contributed by atoms with Crippen molar-refractivity contribution in [3.63, 3.8) is 0 Å². The fraction of sp³-hybridized carbons (Fsp3) is 0.350. The smallest absolute Gasteiger partial charge is 0.227 e. The Morgan fingerprint density at radius 1 is 1.14 bits per heavy atom. The molecular weight excluding hydrogens is 400 g/mol. The van der Waals surface area contributed by atoms with Crippen LogP contribution in [0.15, 0.2) is 53.4 Å². The Morgan fingerprint density at radius 3 is 2.50 bits per heavy atom. The number of carbonyl (C=O) groups excluding carboxylic acids is 1. The molecule has 0 aliphatic carbocycles. The largest absolute Gasteiger partial charge is 0.506 e. The topological polar surface area (TPSA) is 86.7 Å². The quantitative estimate of drug-likeness (QED) is 0.698. The van der Waals surface area contributed by atoms with Crippen molar-refractivity contribution in [1.29, 1.82) is 0 Å². The van der Waals surface area contributed by atoms with Gasteiger partial charge in [-0.05, 0) is 56.3 Å². The van der Waals surface area contributed by atoms with Gasteiger partial charge in [0.1, 0.15) is 5.75 Å². The molecule has 150 valence electrons. The highest BCUT2D eigenvalue weighted by Crippen LogP contribution is 2.28. The Labute approximate surface area is 170 Å². The molecule has 28 heavy (non-hydrogen) atoms. The Kier molecular flexibility index (Phi) is 6.59. The van der Waals surface area contributed by atoms with E-state index in [1.165, 1.54) is 12.1 Å². The van der Waals surface area contributed by atoms with Crippen molar-refractivity contribution in [3.8, 4) is 5.75 Å². The summed E-state index contributed by atoms with van der Waals surface area (Å²) in [6.07, 6.45) is 1.27. The molecule has 2 aromatic rings. The van der Waals surface area contributed by atoms with Crippen LogP contribution in [0.5, 0.6) is 5.75 Å². The number of phenols is 1. The van der Waals surface area contributed by atoms with Gasteiger partial charge in [0.05, 0.1) is 16.3 Å². The highest BCUT2D eigenvalue weighted by Gasteiger charge is 2.26. The highest BCUT2D eigenvalue weighted by molar-refractivity contribution is 7.91. The van der Waals surface area contributed by atoms with Crippen LogP contribution in [0.1, 0.15) is 12.8 Å². The molecule has 1 fully saturated rings. The zero-order chi connectivity index (χ0) is 20.1. The lowest BCUT2D eigenvalue weighted by atomic mass is 9.96. The predicted molar refractivity (Wildman–Crippen MR) is 109 cm³/mol. The van der Waals surface area contributed by atoms with Gasteiger partial charge in [-0.15, -0.1) is 0 Å². The summed E-state index contributed by atoms with van der Waals surface area (Å²) in [5.74, 6) is -0.305. The van der Waals surface area contributed by atoms with Crippen LogP contribution >= 0.6 is 11.6 Å². The van der Waals surface area contributed by atoms with Gasteiger partial charge in [0.25, 0.3) is 0 Å². The summed E-state index contributed by atoms with van der Waals surface area (Å²) < 4.78 is 24.8. The minimum atomic E-state index is -3.30. The second-order valence-corrected chi connectivity index (χ2v) is 9.44. The van der Waals surface area contributed by atoms with E-state index in [2.05, 4.69) is 10.2 Å². The number of hydrogen-bond donors (Lipinski definition) is 2. The number of carbonyl (C=O) groups is 1. The van der Waals surface area contributed by atoms with Gasteiger partial charge >= 0.3 is 0 Å². The maximum atomic E-state index is 12.5. The summed E-state index contributed by atoms with van der Waals surface area (Å²) in [6, 6.07) is 12.9. The van der Waals surface area contributed by atoms with Crippen LogP contribution in [0.25, 0.3) is 0 Å². The van der Waals surface area contributed by atoms with Crippen molar-refractivity contribution in [3.05, 3.63) is 53.6 Å². The molecule has 0 saturated carbocycles. The van der Waals surface area contributed by atoms with E-state index in [0.717, 1.165) is 0 Å². The van der Waals surface area contributed by atoms with E-state index in [4.69, 9.17) is 11.6 Å². The summed E-state index contributed by atoms with van der Waals surface area (Å²) in [6.45, 7) is 1.76. The molecule has 6 nitrogen and oxygen atoms in total. The van der Waals surface area contributed by atoms with Crippen molar-refractivity contribution in [1.82, 2.24) is 4.90 Å². The number of amides is 1. The van der Waals surface area contributed by atoms with E-state index in [-0.39, 0.29) is 23.3 Å². The van der Waals surface area contributed by atoms with E-state index in [1.807, 2.05) is 0 Å². The maximum absolute atomic E-state index is 12.5. The monoisotopic (exact) mass is 422 g/mol. The molecule has 1 amide bonds. The Hall–Kier alpha value is -2.09. The number of aromatic hydroxyl groups is 1. The van der Waals surface area contributed by atoms with Gasteiger partial charge in [0, 0.05) is 17.5 Å². The van der Waals surface area contributed by atoms with E-state index >= 15 is 0 Å². The van der Waals surface area contributed by atoms with Gasteiger partial charge in [-0.3, -0.25) is 4.79 Å². The maximum Gasteiger partial charge on any atom is 0.227 e. The number of rotatable bonds is 6. The van der Waals surface area contributed by atoms with Crippen LogP contribution in [-0.2, 0) is 14.6 Å². The van der Waals surface area contributed by atoms with Crippen LogP contribution < -0.4 is 5.32 Å². The molecule has 0 unspecified atom stereocenters. The second-order valence-electron chi connectivity index (χ2n) is 6.90. The zero-order valence-corrected chi connectivity index (χ0v) is 16.9. The first-order valence-electron chi connectivity index (χ1n) is 9.15. The Bertz CT molecular complexity index is 926. The van der Waals surface area contributed by atoms with Crippen LogP contribution in [0.3, 0.4) is 0 Å². The number of nitrogens with zero attached hydrogens (tertiary/aromatic N) is 1. The van der Waals surface area contributed by atoms with Gasteiger partial charge in [-0.1, -0.05) is 29.8 Å². The van der Waals surface area contributed by atoms with Gasteiger partial charge in [-0.2, -0.15) is 0 Å². The molecule has 8 heteroatoms. The summed E-state index contributed by atoms with van der Waals surface area (Å²) in [5.41, 5.74) is 0.300. The van der Waals surface area contributed by atoms with Gasteiger partial charge in [-0.25, -0.2) is 8.42 Å². The minimum absolute atomic E-state index is 0.0266. The molecule has 1 saturated heterocycles. The number of hydrogen-bond acceptors (Lipinski definition) is 5. The molecule has 0 radical (unpaired) electrons. The molecule has 0 spiro atoms. The van der Waals surface area contributed by atoms with Crippen LogP contribution in [0.2, 0.25) is 5.02 Å². The second kappa shape index (κ2) is 8.94. The van der Waals surface area contributed by atoms with Gasteiger partial charge in [0.2, 0.25) is 5.91 Å². The van der Waals surface area contributed by atoms with Crippen molar-refractivity contribution in [2.24, 2.45) is 5.92 Å². The van der Waals surface area contributed by atoms with Crippen molar-refractivity contribution < 1.29 is 18.3 Å². The third-order valence-corrected chi connectivity index (χ3v) is 6.90. The van der Waals surface area contributed by atoms with E-state index in [9.17, 15) is 18.3 Å². The average molecular weight is 423 g/mol. The number of anilines is 1. The molecule has 2 N–H and O–H groups in total. The first-order valence-corrected chi connectivity index (χ1v) is 11.2. The SMILES string of the molecule is O=C(Nc1cc(Cl)ccc1O)C1CCN(CCS(=O)(=O)c2ccccc2)CC1. The molecule has 0 bridgehead atoms. The first kappa shape index (κ1) is 20.6. The third kappa shape index (κ3) is 5.25. The van der Waals surface area contributed by atoms with Crippen LogP contribution in [0, 0.1) is 5.92 Å². The lowest BCUT2D eigenvalue weighted by molar-refractivity contribution is -0.121. The molecule has 1 heterocycles. The minimum Gasteiger partial charge on any atom is -0.506 e. The fourth-order valence-electron chi connectivity index (χ4n) is 3.26. The predicted octanol–water partition coefficient (Wildman–Crippen LogP) is 3.17. The standard InChI is InChI=1S/C20H23ClN2O4S/c21-16-6-7-19(24)18(14-16)22-20(25)15-8-10-23(11-9-15)12-13-28(26,27)17-4-2-1-3-5-17/h1-7,14-15,24H,8-13H2,(H,22,25). The third-order valence-electron chi connectivity index (χ3n) is 4.95. The van der Waals surface area contributed by atoms with Crippen molar-refractivity contribution in [2.45, 2.75) is 17.7 Å². The van der Waals surface area contributed by atoms with Crippen LogP contribution in [0.4, 0.5) is 5.69 Å². The summed E-state index contributed by atoms with van der Waals surface area (Å²) in [7, 11) is -3.30. The number of halogens is 1. The molecule has 2 aromatic carbocycles.